The number of benzene rings is 1. The average Bonchev–Trinajstić information content (AvgIpc) is 2.38. The summed E-state index contributed by atoms with van der Waals surface area (Å²) in [5.41, 5.74) is 1.30. The summed E-state index contributed by atoms with van der Waals surface area (Å²) >= 11 is 0. The molecule has 1 aromatic carbocycles. The first-order valence-electron chi connectivity index (χ1n) is 6.48. The molecule has 0 aliphatic rings. The molecule has 0 saturated carbocycles. The van der Waals surface area contributed by atoms with Gasteiger partial charge in [0.1, 0.15) is 5.82 Å². The molecular weight excluding hydrogens is 245 g/mol. The number of rotatable bonds is 7. The Balaban J connectivity index is 2.86. The van der Waals surface area contributed by atoms with Crippen LogP contribution in [0.5, 0.6) is 0 Å². The Kier molecular flexibility index (Phi) is 6.22. The van der Waals surface area contributed by atoms with Gasteiger partial charge in [0.2, 0.25) is 0 Å². The van der Waals surface area contributed by atoms with Crippen LogP contribution in [0.15, 0.2) is 24.3 Å². The molecule has 104 valence electrons. The van der Waals surface area contributed by atoms with Crippen LogP contribution in [-0.2, 0) is 11.3 Å². The van der Waals surface area contributed by atoms with Crippen molar-refractivity contribution in [2.45, 2.75) is 26.8 Å². The highest BCUT2D eigenvalue weighted by molar-refractivity contribution is 5.85. The van der Waals surface area contributed by atoms with E-state index >= 15 is 0 Å². The van der Waals surface area contributed by atoms with Crippen molar-refractivity contribution in [1.29, 1.82) is 0 Å². The lowest BCUT2D eigenvalue weighted by molar-refractivity contribution is -0.131. The monoisotopic (exact) mass is 265 g/mol. The van der Waals surface area contributed by atoms with Crippen molar-refractivity contribution >= 4 is 12.0 Å². The third kappa shape index (κ3) is 5.22. The van der Waals surface area contributed by atoms with Gasteiger partial charge in [-0.2, -0.15) is 0 Å². The van der Waals surface area contributed by atoms with Crippen LogP contribution in [-0.4, -0.2) is 29.1 Å². The van der Waals surface area contributed by atoms with Crippen LogP contribution in [0.3, 0.4) is 0 Å². The van der Waals surface area contributed by atoms with Gasteiger partial charge in [0.05, 0.1) is 0 Å². The zero-order chi connectivity index (χ0) is 14.3. The maximum absolute atomic E-state index is 13.5. The molecule has 4 heteroatoms. The van der Waals surface area contributed by atoms with Gasteiger partial charge in [-0.25, -0.2) is 9.18 Å². The summed E-state index contributed by atoms with van der Waals surface area (Å²) in [5, 5.41) is 8.57. The molecule has 1 rings (SSSR count). The zero-order valence-corrected chi connectivity index (χ0v) is 11.4. The molecule has 0 atom stereocenters. The molecule has 0 fully saturated rings. The highest BCUT2D eigenvalue weighted by Crippen LogP contribution is 2.14. The minimum atomic E-state index is -1.08. The summed E-state index contributed by atoms with van der Waals surface area (Å²) < 4.78 is 13.5. The van der Waals surface area contributed by atoms with Crippen LogP contribution in [0, 0.1) is 5.82 Å². The smallest absolute Gasteiger partial charge is 0.328 e. The van der Waals surface area contributed by atoms with Crippen molar-refractivity contribution in [2.75, 3.05) is 13.1 Å². The van der Waals surface area contributed by atoms with Crippen LogP contribution < -0.4 is 0 Å². The molecule has 0 aliphatic heterocycles. The van der Waals surface area contributed by atoms with E-state index in [2.05, 4.69) is 18.7 Å². The van der Waals surface area contributed by atoms with Gasteiger partial charge < -0.3 is 5.11 Å². The summed E-state index contributed by atoms with van der Waals surface area (Å²) in [7, 11) is 0. The first-order chi connectivity index (χ1) is 9.06. The van der Waals surface area contributed by atoms with Crippen molar-refractivity contribution < 1.29 is 14.3 Å². The molecule has 3 nitrogen and oxygen atoms in total. The predicted octanol–water partition coefficient (Wildman–Crippen LogP) is 3.16. The van der Waals surface area contributed by atoms with Gasteiger partial charge in [0, 0.05) is 18.2 Å². The third-order valence-electron chi connectivity index (χ3n) is 2.86. The first-order valence-corrected chi connectivity index (χ1v) is 6.48. The van der Waals surface area contributed by atoms with Crippen molar-refractivity contribution in [3.63, 3.8) is 0 Å². The molecule has 0 heterocycles. The number of hydrogen-bond acceptors (Lipinski definition) is 2. The lowest BCUT2D eigenvalue weighted by Crippen LogP contribution is -2.23. The Bertz CT molecular complexity index is 457. The number of nitrogens with zero attached hydrogens (tertiary/aromatic N) is 1. The van der Waals surface area contributed by atoms with E-state index in [4.69, 9.17) is 5.11 Å². The SMILES string of the molecule is CCCN(CC)Cc1ccc(F)c(C=CC(=O)O)c1. The lowest BCUT2D eigenvalue weighted by Gasteiger charge is -2.19. The van der Waals surface area contributed by atoms with Crippen molar-refractivity contribution in [3.05, 3.63) is 41.2 Å². The van der Waals surface area contributed by atoms with Gasteiger partial charge in [-0.3, -0.25) is 4.90 Å². The second-order valence-corrected chi connectivity index (χ2v) is 4.40. The van der Waals surface area contributed by atoms with E-state index in [0.717, 1.165) is 37.7 Å². The highest BCUT2D eigenvalue weighted by Gasteiger charge is 2.05. The first kappa shape index (κ1) is 15.4. The topological polar surface area (TPSA) is 40.5 Å². The largest absolute Gasteiger partial charge is 0.478 e. The zero-order valence-electron chi connectivity index (χ0n) is 11.4. The maximum atomic E-state index is 13.5. The second kappa shape index (κ2) is 7.69. The van der Waals surface area contributed by atoms with Crippen LogP contribution in [0.25, 0.3) is 6.08 Å². The number of halogens is 1. The van der Waals surface area contributed by atoms with E-state index in [1.54, 1.807) is 12.1 Å². The summed E-state index contributed by atoms with van der Waals surface area (Å²) in [6, 6.07) is 4.83. The van der Waals surface area contributed by atoms with Gasteiger partial charge in [-0.1, -0.05) is 19.9 Å². The third-order valence-corrected chi connectivity index (χ3v) is 2.86. The van der Waals surface area contributed by atoms with Crippen LogP contribution in [0.4, 0.5) is 4.39 Å². The van der Waals surface area contributed by atoms with Gasteiger partial charge in [-0.15, -0.1) is 0 Å². The van der Waals surface area contributed by atoms with E-state index in [-0.39, 0.29) is 0 Å². The fourth-order valence-electron chi connectivity index (χ4n) is 1.90. The van der Waals surface area contributed by atoms with Gasteiger partial charge in [0.15, 0.2) is 0 Å². The Morgan fingerprint density at radius 1 is 1.42 bits per heavy atom. The number of carboxylic acid groups (broad SMARTS) is 1. The van der Waals surface area contributed by atoms with Gasteiger partial charge >= 0.3 is 5.97 Å². The standard InChI is InChI=1S/C15H20FNO2/c1-3-9-17(4-2)11-12-5-7-14(16)13(10-12)6-8-15(18)19/h5-8,10H,3-4,9,11H2,1-2H3,(H,18,19). The van der Waals surface area contributed by atoms with Crippen LogP contribution >= 0.6 is 0 Å². The normalized spacial score (nSPS) is 11.4. The number of carboxylic acids is 1. The molecule has 0 spiro atoms. The van der Waals surface area contributed by atoms with E-state index in [1.807, 2.05) is 0 Å². The number of carbonyl (C=O) groups is 1. The minimum Gasteiger partial charge on any atom is -0.478 e. The summed E-state index contributed by atoms with van der Waals surface area (Å²) in [4.78, 5) is 12.7. The Morgan fingerprint density at radius 2 is 2.16 bits per heavy atom. The fourth-order valence-corrected chi connectivity index (χ4v) is 1.90. The molecule has 0 aliphatic carbocycles. The Hall–Kier alpha value is -1.68. The van der Waals surface area contributed by atoms with E-state index in [0.29, 0.717) is 5.56 Å². The molecule has 0 unspecified atom stereocenters. The quantitative estimate of drug-likeness (QED) is 0.770. The maximum Gasteiger partial charge on any atom is 0.328 e. The minimum absolute atomic E-state index is 0.312. The van der Waals surface area contributed by atoms with E-state index in [9.17, 15) is 9.18 Å². The van der Waals surface area contributed by atoms with E-state index in [1.165, 1.54) is 12.1 Å². The molecule has 0 bridgehead atoms. The fraction of sp³-hybridized carbons (Fsp3) is 0.400. The highest BCUT2D eigenvalue weighted by atomic mass is 19.1. The molecule has 0 radical (unpaired) electrons. The molecule has 19 heavy (non-hydrogen) atoms. The Labute approximate surface area is 113 Å². The summed E-state index contributed by atoms with van der Waals surface area (Å²) in [5.74, 6) is -1.48. The van der Waals surface area contributed by atoms with Gasteiger partial charge in [-0.05, 0) is 43.3 Å². The van der Waals surface area contributed by atoms with Crippen LogP contribution in [0.2, 0.25) is 0 Å². The molecule has 0 amide bonds. The second-order valence-electron chi connectivity index (χ2n) is 4.40. The average molecular weight is 265 g/mol. The molecule has 0 aromatic heterocycles. The molecule has 1 N–H and O–H groups in total. The summed E-state index contributed by atoms with van der Waals surface area (Å²) in [6.45, 7) is 6.89. The summed E-state index contributed by atoms with van der Waals surface area (Å²) in [6.07, 6.45) is 3.31. The number of hydrogen-bond donors (Lipinski definition) is 1. The van der Waals surface area contributed by atoms with Crippen molar-refractivity contribution in [1.82, 2.24) is 4.90 Å². The molecular formula is C15H20FNO2. The van der Waals surface area contributed by atoms with Gasteiger partial charge in [0.25, 0.3) is 0 Å². The van der Waals surface area contributed by atoms with Crippen LogP contribution in [0.1, 0.15) is 31.4 Å². The molecule has 0 saturated heterocycles. The van der Waals surface area contributed by atoms with E-state index < -0.39 is 11.8 Å². The molecule has 1 aromatic rings. The number of aliphatic carboxylic acids is 1. The van der Waals surface area contributed by atoms with Crippen molar-refractivity contribution in [2.24, 2.45) is 0 Å². The van der Waals surface area contributed by atoms with Crippen molar-refractivity contribution in [3.8, 4) is 0 Å². The predicted molar refractivity (Wildman–Crippen MR) is 74.3 cm³/mol. The Morgan fingerprint density at radius 3 is 2.74 bits per heavy atom. The lowest BCUT2D eigenvalue weighted by atomic mass is 10.1.